The van der Waals surface area contributed by atoms with E-state index in [1.54, 1.807) is 7.11 Å². The van der Waals surface area contributed by atoms with Crippen molar-refractivity contribution in [3.63, 3.8) is 0 Å². The van der Waals surface area contributed by atoms with E-state index in [1.165, 1.54) is 6.33 Å². The molecule has 0 bridgehead atoms. The number of hydrogen-bond acceptors (Lipinski definition) is 5. The van der Waals surface area contributed by atoms with Gasteiger partial charge in [0.2, 0.25) is 5.91 Å². The van der Waals surface area contributed by atoms with Gasteiger partial charge >= 0.3 is 0 Å². The number of para-hydroxylation sites is 1. The molecule has 0 spiro atoms. The third kappa shape index (κ3) is 3.78. The van der Waals surface area contributed by atoms with Crippen molar-refractivity contribution in [3.05, 3.63) is 60.4 Å². The van der Waals surface area contributed by atoms with Crippen LogP contribution in [-0.2, 0) is 11.3 Å². The fourth-order valence-electron chi connectivity index (χ4n) is 2.32. The molecule has 3 aromatic rings. The van der Waals surface area contributed by atoms with E-state index < -0.39 is 0 Å². The van der Waals surface area contributed by atoms with Gasteiger partial charge in [-0.1, -0.05) is 24.3 Å². The number of anilines is 1. The Kier molecular flexibility index (Phi) is 4.86. The lowest BCUT2D eigenvalue weighted by molar-refractivity contribution is -0.119. The van der Waals surface area contributed by atoms with Gasteiger partial charge in [0.25, 0.3) is 0 Å². The average molecular weight is 322 g/mol. The molecule has 2 aromatic carbocycles. The second-order valence-corrected chi connectivity index (χ2v) is 5.22. The minimum Gasteiger partial charge on any atom is -0.497 e. The van der Waals surface area contributed by atoms with E-state index in [0.717, 1.165) is 22.2 Å². The van der Waals surface area contributed by atoms with Crippen LogP contribution in [0.4, 0.5) is 5.82 Å². The summed E-state index contributed by atoms with van der Waals surface area (Å²) in [4.78, 5) is 20.4. The number of benzene rings is 2. The van der Waals surface area contributed by atoms with Gasteiger partial charge in [-0.05, 0) is 29.8 Å². The highest BCUT2D eigenvalue weighted by Crippen LogP contribution is 2.17. The molecule has 1 amide bonds. The molecule has 0 aliphatic carbocycles. The first kappa shape index (κ1) is 15.7. The third-order valence-corrected chi connectivity index (χ3v) is 3.61. The van der Waals surface area contributed by atoms with E-state index in [9.17, 15) is 4.79 Å². The molecule has 122 valence electrons. The molecule has 0 fully saturated rings. The number of nitrogens with zero attached hydrogens (tertiary/aromatic N) is 2. The number of ether oxygens (including phenoxy) is 1. The maximum atomic E-state index is 12.0. The number of carbonyl (C=O) groups excluding carboxylic acids is 1. The van der Waals surface area contributed by atoms with Gasteiger partial charge in [0.05, 0.1) is 19.2 Å². The molecule has 2 N–H and O–H groups in total. The Hall–Kier alpha value is -3.15. The van der Waals surface area contributed by atoms with E-state index in [4.69, 9.17) is 4.74 Å². The summed E-state index contributed by atoms with van der Waals surface area (Å²) in [6, 6.07) is 15.2. The highest BCUT2D eigenvalue weighted by molar-refractivity contribution is 5.90. The first-order valence-electron chi connectivity index (χ1n) is 7.59. The van der Waals surface area contributed by atoms with Crippen molar-refractivity contribution in [2.24, 2.45) is 0 Å². The lowest BCUT2D eigenvalue weighted by atomic mass is 10.2. The smallest absolute Gasteiger partial charge is 0.239 e. The number of nitrogens with one attached hydrogen (secondary N) is 2. The number of amides is 1. The molecule has 24 heavy (non-hydrogen) atoms. The van der Waals surface area contributed by atoms with Gasteiger partial charge in [0.1, 0.15) is 17.9 Å². The van der Waals surface area contributed by atoms with Crippen molar-refractivity contribution in [2.75, 3.05) is 19.0 Å². The fraction of sp³-hybridized carbons (Fsp3) is 0.167. The van der Waals surface area contributed by atoms with Crippen LogP contribution in [0.3, 0.4) is 0 Å². The molecule has 1 aromatic heterocycles. The van der Waals surface area contributed by atoms with Crippen LogP contribution in [0.2, 0.25) is 0 Å². The van der Waals surface area contributed by atoms with Crippen molar-refractivity contribution in [3.8, 4) is 5.75 Å². The molecule has 0 aliphatic heterocycles. The molecule has 1 heterocycles. The van der Waals surface area contributed by atoms with E-state index >= 15 is 0 Å². The van der Waals surface area contributed by atoms with Gasteiger partial charge in [0.15, 0.2) is 0 Å². The predicted molar refractivity (Wildman–Crippen MR) is 92.9 cm³/mol. The zero-order valence-corrected chi connectivity index (χ0v) is 13.3. The van der Waals surface area contributed by atoms with Crippen LogP contribution in [0.1, 0.15) is 5.56 Å². The number of aromatic nitrogens is 2. The molecule has 6 nitrogen and oxygen atoms in total. The highest BCUT2D eigenvalue weighted by atomic mass is 16.5. The Morgan fingerprint density at radius 2 is 1.88 bits per heavy atom. The molecular weight excluding hydrogens is 304 g/mol. The first-order chi connectivity index (χ1) is 11.8. The summed E-state index contributed by atoms with van der Waals surface area (Å²) < 4.78 is 5.11. The monoisotopic (exact) mass is 322 g/mol. The van der Waals surface area contributed by atoms with Crippen LogP contribution in [0.5, 0.6) is 5.75 Å². The van der Waals surface area contributed by atoms with Crippen LogP contribution in [0.15, 0.2) is 54.9 Å². The van der Waals surface area contributed by atoms with Gasteiger partial charge < -0.3 is 15.4 Å². The summed E-state index contributed by atoms with van der Waals surface area (Å²) in [6.07, 6.45) is 1.49. The molecule has 0 radical (unpaired) electrons. The number of fused-ring (bicyclic) bond motifs is 1. The van der Waals surface area contributed by atoms with Crippen LogP contribution < -0.4 is 15.4 Å². The van der Waals surface area contributed by atoms with Gasteiger partial charge in [-0.2, -0.15) is 0 Å². The van der Waals surface area contributed by atoms with Gasteiger partial charge in [0, 0.05) is 11.9 Å². The lowest BCUT2D eigenvalue weighted by Gasteiger charge is -2.09. The van der Waals surface area contributed by atoms with E-state index in [1.807, 2.05) is 48.5 Å². The summed E-state index contributed by atoms with van der Waals surface area (Å²) in [7, 11) is 1.62. The second kappa shape index (κ2) is 7.41. The minimum atomic E-state index is -0.103. The van der Waals surface area contributed by atoms with Crippen LogP contribution in [0, 0.1) is 0 Å². The number of methoxy groups -OCH3 is 1. The summed E-state index contributed by atoms with van der Waals surface area (Å²) >= 11 is 0. The maximum Gasteiger partial charge on any atom is 0.239 e. The van der Waals surface area contributed by atoms with Gasteiger partial charge in [-0.15, -0.1) is 0 Å². The molecule has 3 rings (SSSR count). The minimum absolute atomic E-state index is 0.103. The number of rotatable bonds is 6. The number of carbonyl (C=O) groups is 1. The van der Waals surface area contributed by atoms with Crippen LogP contribution >= 0.6 is 0 Å². The van der Waals surface area contributed by atoms with Crippen molar-refractivity contribution in [1.82, 2.24) is 15.3 Å². The first-order valence-corrected chi connectivity index (χ1v) is 7.59. The summed E-state index contributed by atoms with van der Waals surface area (Å²) in [5, 5.41) is 6.82. The topological polar surface area (TPSA) is 76.1 Å². The molecular formula is C18H18N4O2. The molecule has 0 saturated carbocycles. The Morgan fingerprint density at radius 3 is 2.67 bits per heavy atom. The van der Waals surface area contributed by atoms with Gasteiger partial charge in [-0.25, -0.2) is 9.97 Å². The van der Waals surface area contributed by atoms with Crippen LogP contribution in [-0.4, -0.2) is 29.5 Å². The molecule has 0 unspecified atom stereocenters. The van der Waals surface area contributed by atoms with Crippen molar-refractivity contribution in [1.29, 1.82) is 0 Å². The van der Waals surface area contributed by atoms with Gasteiger partial charge in [-0.3, -0.25) is 4.79 Å². The van der Waals surface area contributed by atoms with Crippen molar-refractivity contribution in [2.45, 2.75) is 6.54 Å². The number of hydrogen-bond donors (Lipinski definition) is 2. The van der Waals surface area contributed by atoms with Crippen molar-refractivity contribution < 1.29 is 9.53 Å². The second-order valence-electron chi connectivity index (χ2n) is 5.22. The Bertz CT molecular complexity index is 829. The lowest BCUT2D eigenvalue weighted by Crippen LogP contribution is -2.29. The zero-order valence-electron chi connectivity index (χ0n) is 13.3. The summed E-state index contributed by atoms with van der Waals surface area (Å²) in [5.74, 6) is 1.34. The SMILES string of the molecule is COc1ccc(CNC(=O)CNc2ncnc3ccccc23)cc1. The Balaban J connectivity index is 1.55. The molecule has 0 aliphatic rings. The normalized spacial score (nSPS) is 10.4. The van der Waals surface area contributed by atoms with E-state index in [-0.39, 0.29) is 12.5 Å². The highest BCUT2D eigenvalue weighted by Gasteiger charge is 2.05. The Morgan fingerprint density at radius 1 is 1.08 bits per heavy atom. The van der Waals surface area contributed by atoms with E-state index in [2.05, 4.69) is 20.6 Å². The average Bonchev–Trinajstić information content (AvgIpc) is 2.65. The Labute approximate surface area is 139 Å². The predicted octanol–water partition coefficient (Wildman–Crippen LogP) is 2.37. The summed E-state index contributed by atoms with van der Waals surface area (Å²) in [6.45, 7) is 0.617. The fourth-order valence-corrected chi connectivity index (χ4v) is 2.32. The van der Waals surface area contributed by atoms with Crippen LogP contribution in [0.25, 0.3) is 10.9 Å². The third-order valence-electron chi connectivity index (χ3n) is 3.61. The van der Waals surface area contributed by atoms with Crippen molar-refractivity contribution >= 4 is 22.6 Å². The quantitative estimate of drug-likeness (QED) is 0.728. The summed E-state index contributed by atoms with van der Waals surface area (Å²) in [5.41, 5.74) is 1.85. The largest absolute Gasteiger partial charge is 0.497 e. The standard InChI is InChI=1S/C18H18N4O2/c1-24-14-8-6-13(7-9-14)10-19-17(23)11-20-18-15-4-2-3-5-16(15)21-12-22-18/h2-9,12H,10-11H2,1H3,(H,19,23)(H,20,21,22). The molecule has 0 saturated heterocycles. The zero-order chi connectivity index (χ0) is 16.8. The molecule has 0 atom stereocenters. The maximum absolute atomic E-state index is 12.0. The molecule has 6 heteroatoms. The van der Waals surface area contributed by atoms with E-state index in [0.29, 0.717) is 12.4 Å².